The molecule has 1 aromatic rings. The predicted octanol–water partition coefficient (Wildman–Crippen LogP) is 2.10. The number of nitrogens with one attached hydrogen (secondary N) is 1. The van der Waals surface area contributed by atoms with Crippen LogP contribution in [0, 0.1) is 5.92 Å². The van der Waals surface area contributed by atoms with Gasteiger partial charge in [0.25, 0.3) is 5.91 Å². The van der Waals surface area contributed by atoms with E-state index in [-0.39, 0.29) is 23.4 Å². The molecule has 92 valence electrons. The zero-order chi connectivity index (χ0) is 12.3. The molecular formula is C13H18N2O2. The second-order valence-electron chi connectivity index (χ2n) is 4.63. The summed E-state index contributed by atoms with van der Waals surface area (Å²) in [6.07, 6.45) is 6.02. The zero-order valence-corrected chi connectivity index (χ0v) is 10.0. The van der Waals surface area contributed by atoms with Gasteiger partial charge in [-0.15, -0.1) is 0 Å². The Labute approximate surface area is 101 Å². The van der Waals surface area contributed by atoms with Crippen molar-refractivity contribution in [3.63, 3.8) is 0 Å². The highest BCUT2D eigenvalue weighted by Crippen LogP contribution is 2.34. The number of nitrogens with zero attached hydrogens (tertiary/aromatic N) is 1. The van der Waals surface area contributed by atoms with Gasteiger partial charge in [0, 0.05) is 12.2 Å². The van der Waals surface area contributed by atoms with E-state index in [0.717, 1.165) is 18.8 Å². The summed E-state index contributed by atoms with van der Waals surface area (Å²) in [6, 6.07) is 3.27. The number of rotatable bonds is 5. The number of hydrogen-bond donors (Lipinski definition) is 2. The molecule has 1 aromatic heterocycles. The SMILES string of the molecule is CCC(CC1CC1)NC(=O)c1ncccc1O. The van der Waals surface area contributed by atoms with Crippen molar-refractivity contribution in [1.82, 2.24) is 10.3 Å². The molecule has 17 heavy (non-hydrogen) atoms. The van der Waals surface area contributed by atoms with Gasteiger partial charge in [-0.05, 0) is 30.9 Å². The first-order valence-electron chi connectivity index (χ1n) is 6.15. The van der Waals surface area contributed by atoms with Gasteiger partial charge in [-0.1, -0.05) is 19.8 Å². The number of carbonyl (C=O) groups is 1. The number of amides is 1. The normalized spacial score (nSPS) is 16.5. The minimum Gasteiger partial charge on any atom is -0.505 e. The molecule has 0 radical (unpaired) electrons. The van der Waals surface area contributed by atoms with Crippen LogP contribution in [-0.2, 0) is 0 Å². The van der Waals surface area contributed by atoms with Crippen LogP contribution in [0.25, 0.3) is 0 Å². The minimum atomic E-state index is -0.282. The van der Waals surface area contributed by atoms with Gasteiger partial charge in [0.15, 0.2) is 5.69 Å². The summed E-state index contributed by atoms with van der Waals surface area (Å²) in [5.74, 6) is 0.430. The first-order chi connectivity index (χ1) is 8.20. The van der Waals surface area contributed by atoms with Crippen LogP contribution in [0.15, 0.2) is 18.3 Å². The summed E-state index contributed by atoms with van der Waals surface area (Å²) in [5.41, 5.74) is 0.113. The van der Waals surface area contributed by atoms with Gasteiger partial charge in [-0.3, -0.25) is 4.79 Å². The fraction of sp³-hybridized carbons (Fsp3) is 0.538. The van der Waals surface area contributed by atoms with Gasteiger partial charge in [0.05, 0.1) is 0 Å². The molecule has 4 nitrogen and oxygen atoms in total. The van der Waals surface area contributed by atoms with Gasteiger partial charge < -0.3 is 10.4 Å². The van der Waals surface area contributed by atoms with Crippen molar-refractivity contribution < 1.29 is 9.90 Å². The average Bonchev–Trinajstić information content (AvgIpc) is 3.12. The minimum absolute atomic E-state index is 0.0636. The summed E-state index contributed by atoms with van der Waals surface area (Å²) >= 11 is 0. The number of aromatic hydroxyl groups is 1. The fourth-order valence-electron chi connectivity index (χ4n) is 1.91. The van der Waals surface area contributed by atoms with Crippen LogP contribution in [-0.4, -0.2) is 22.0 Å². The second kappa shape index (κ2) is 5.17. The van der Waals surface area contributed by atoms with Crippen LogP contribution in [0.2, 0.25) is 0 Å². The largest absolute Gasteiger partial charge is 0.505 e. The number of pyridine rings is 1. The Morgan fingerprint density at radius 2 is 2.41 bits per heavy atom. The van der Waals surface area contributed by atoms with Crippen molar-refractivity contribution in [3.8, 4) is 5.75 Å². The Balaban J connectivity index is 1.97. The first kappa shape index (κ1) is 11.9. The molecule has 4 heteroatoms. The van der Waals surface area contributed by atoms with E-state index in [9.17, 15) is 9.90 Å². The zero-order valence-electron chi connectivity index (χ0n) is 10.0. The molecule has 1 fully saturated rings. The Morgan fingerprint density at radius 3 is 3.00 bits per heavy atom. The van der Waals surface area contributed by atoms with E-state index in [4.69, 9.17) is 0 Å². The Bertz CT molecular complexity index is 402. The monoisotopic (exact) mass is 234 g/mol. The predicted molar refractivity (Wildman–Crippen MR) is 64.8 cm³/mol. The number of carbonyl (C=O) groups excluding carboxylic acids is 1. The molecule has 1 heterocycles. The van der Waals surface area contributed by atoms with E-state index in [1.165, 1.54) is 25.1 Å². The van der Waals surface area contributed by atoms with Crippen LogP contribution in [0.4, 0.5) is 0 Å². The third-order valence-electron chi connectivity index (χ3n) is 3.14. The van der Waals surface area contributed by atoms with Gasteiger partial charge in [-0.25, -0.2) is 4.98 Å². The molecule has 0 aromatic carbocycles. The first-order valence-corrected chi connectivity index (χ1v) is 6.15. The van der Waals surface area contributed by atoms with Crippen molar-refractivity contribution in [2.45, 2.75) is 38.6 Å². The topological polar surface area (TPSA) is 62.2 Å². The van der Waals surface area contributed by atoms with E-state index in [1.54, 1.807) is 6.07 Å². The maximum atomic E-state index is 11.9. The Kier molecular flexibility index (Phi) is 3.61. The van der Waals surface area contributed by atoms with E-state index >= 15 is 0 Å². The lowest BCUT2D eigenvalue weighted by atomic mass is 10.1. The molecule has 1 unspecified atom stereocenters. The van der Waals surface area contributed by atoms with Gasteiger partial charge in [0.1, 0.15) is 5.75 Å². The summed E-state index contributed by atoms with van der Waals surface area (Å²) in [6.45, 7) is 2.06. The fourth-order valence-corrected chi connectivity index (χ4v) is 1.91. The van der Waals surface area contributed by atoms with Crippen molar-refractivity contribution in [2.24, 2.45) is 5.92 Å². The molecule has 1 aliphatic carbocycles. The average molecular weight is 234 g/mol. The standard InChI is InChI=1S/C13H18N2O2/c1-2-10(8-9-5-6-9)15-13(17)12-11(16)4-3-7-14-12/h3-4,7,9-10,16H,2,5-6,8H2,1H3,(H,15,17). The number of hydrogen-bond acceptors (Lipinski definition) is 3. The van der Waals surface area contributed by atoms with Crippen molar-refractivity contribution in [1.29, 1.82) is 0 Å². The van der Waals surface area contributed by atoms with Crippen molar-refractivity contribution >= 4 is 5.91 Å². The lowest BCUT2D eigenvalue weighted by Gasteiger charge is -2.16. The highest BCUT2D eigenvalue weighted by Gasteiger charge is 2.26. The smallest absolute Gasteiger partial charge is 0.273 e. The van der Waals surface area contributed by atoms with Gasteiger partial charge in [0.2, 0.25) is 0 Å². The third kappa shape index (κ3) is 3.19. The van der Waals surface area contributed by atoms with E-state index in [0.29, 0.717) is 0 Å². The summed E-state index contributed by atoms with van der Waals surface area (Å²) in [4.78, 5) is 15.8. The molecule has 1 saturated carbocycles. The maximum Gasteiger partial charge on any atom is 0.273 e. The van der Waals surface area contributed by atoms with Crippen molar-refractivity contribution in [2.75, 3.05) is 0 Å². The van der Waals surface area contributed by atoms with Crippen LogP contribution in [0.1, 0.15) is 43.1 Å². The number of aromatic nitrogens is 1. The molecule has 0 bridgehead atoms. The van der Waals surface area contributed by atoms with E-state index in [2.05, 4.69) is 17.2 Å². The summed E-state index contributed by atoms with van der Waals surface area (Å²) < 4.78 is 0. The van der Waals surface area contributed by atoms with Crippen LogP contribution < -0.4 is 5.32 Å². The lowest BCUT2D eigenvalue weighted by molar-refractivity contribution is 0.0924. The molecule has 1 atom stereocenters. The molecule has 2 rings (SSSR count). The van der Waals surface area contributed by atoms with Crippen molar-refractivity contribution in [3.05, 3.63) is 24.0 Å². The highest BCUT2D eigenvalue weighted by molar-refractivity contribution is 5.94. The third-order valence-corrected chi connectivity index (χ3v) is 3.14. The summed E-state index contributed by atoms with van der Waals surface area (Å²) in [7, 11) is 0. The maximum absolute atomic E-state index is 11.9. The molecule has 1 aliphatic rings. The Hall–Kier alpha value is -1.58. The van der Waals surface area contributed by atoms with Crippen LogP contribution in [0.3, 0.4) is 0 Å². The lowest BCUT2D eigenvalue weighted by Crippen LogP contribution is -2.35. The summed E-state index contributed by atoms with van der Waals surface area (Å²) in [5, 5.41) is 12.5. The molecule has 0 spiro atoms. The van der Waals surface area contributed by atoms with Crippen LogP contribution in [0.5, 0.6) is 5.75 Å². The molecule has 0 saturated heterocycles. The molecular weight excluding hydrogens is 216 g/mol. The molecule has 1 amide bonds. The van der Waals surface area contributed by atoms with E-state index in [1.807, 2.05) is 0 Å². The molecule has 0 aliphatic heterocycles. The van der Waals surface area contributed by atoms with E-state index < -0.39 is 0 Å². The molecule has 2 N–H and O–H groups in total. The highest BCUT2D eigenvalue weighted by atomic mass is 16.3. The quantitative estimate of drug-likeness (QED) is 0.820. The van der Waals surface area contributed by atoms with Gasteiger partial charge in [-0.2, -0.15) is 0 Å². The van der Waals surface area contributed by atoms with Crippen LogP contribution >= 0.6 is 0 Å². The van der Waals surface area contributed by atoms with Gasteiger partial charge >= 0.3 is 0 Å². The second-order valence-corrected chi connectivity index (χ2v) is 4.63. The Morgan fingerprint density at radius 1 is 1.65 bits per heavy atom.